The van der Waals surface area contributed by atoms with E-state index in [0.29, 0.717) is 5.56 Å². The smallest absolute Gasteiger partial charge is 0.290 e. The number of hydrogen-bond donors (Lipinski definition) is 2. The minimum absolute atomic E-state index is 0.154. The molecular weight excluding hydrogens is 266 g/mol. The monoisotopic (exact) mass is 279 g/mol. The van der Waals surface area contributed by atoms with Crippen LogP contribution in [0.2, 0.25) is 0 Å². The number of hydrogen-bond acceptors (Lipinski definition) is 3. The normalized spacial score (nSPS) is 10.2. The van der Waals surface area contributed by atoms with Crippen LogP contribution in [-0.4, -0.2) is 20.0 Å². The lowest BCUT2D eigenvalue weighted by Gasteiger charge is -2.07. The number of primary sulfonamides is 1. The van der Waals surface area contributed by atoms with Crippen LogP contribution < -0.4 is 5.14 Å². The molecule has 0 spiro atoms. The van der Waals surface area contributed by atoms with Gasteiger partial charge in [0, 0.05) is 5.56 Å². The standard InChI is InChI=1S/C12H11NO2S.CH2O2/c13-16(14,15)12-9-5-4-8-11(12)10-6-2-1-3-7-10;2-1-3/h1-9H,(H2,13,14,15);1H,(H,2,3). The van der Waals surface area contributed by atoms with E-state index in [4.69, 9.17) is 15.0 Å². The molecule has 0 aliphatic carbocycles. The quantitative estimate of drug-likeness (QED) is 0.817. The summed E-state index contributed by atoms with van der Waals surface area (Å²) in [7, 11) is -3.68. The number of rotatable bonds is 2. The van der Waals surface area contributed by atoms with Gasteiger partial charge in [0.05, 0.1) is 4.90 Å². The average molecular weight is 279 g/mol. The predicted octanol–water partition coefficient (Wildman–Crippen LogP) is 1.70. The molecule has 0 unspecified atom stereocenters. The highest BCUT2D eigenvalue weighted by Gasteiger charge is 2.13. The van der Waals surface area contributed by atoms with Crippen molar-refractivity contribution in [2.75, 3.05) is 0 Å². The Hall–Kier alpha value is -2.18. The Kier molecular flexibility index (Phi) is 5.23. The Labute approximate surface area is 111 Å². The maximum atomic E-state index is 11.4. The first kappa shape index (κ1) is 14.9. The maximum Gasteiger partial charge on any atom is 0.290 e. The third-order valence-corrected chi connectivity index (χ3v) is 3.25. The Bertz CT molecular complexity index is 639. The van der Waals surface area contributed by atoms with Crippen molar-refractivity contribution < 1.29 is 18.3 Å². The van der Waals surface area contributed by atoms with E-state index >= 15 is 0 Å². The van der Waals surface area contributed by atoms with Crippen LogP contribution in [0, 0.1) is 0 Å². The molecule has 0 bridgehead atoms. The zero-order valence-corrected chi connectivity index (χ0v) is 10.7. The van der Waals surface area contributed by atoms with Gasteiger partial charge in [0.1, 0.15) is 0 Å². The second-order valence-electron chi connectivity index (χ2n) is 3.51. The molecule has 2 aromatic rings. The van der Waals surface area contributed by atoms with E-state index in [1.165, 1.54) is 6.07 Å². The summed E-state index contributed by atoms with van der Waals surface area (Å²) < 4.78 is 22.8. The van der Waals surface area contributed by atoms with Crippen LogP contribution in [0.4, 0.5) is 0 Å². The molecule has 5 nitrogen and oxygen atoms in total. The summed E-state index contributed by atoms with van der Waals surface area (Å²) in [6.07, 6.45) is 0. The lowest BCUT2D eigenvalue weighted by atomic mass is 10.1. The van der Waals surface area contributed by atoms with Crippen LogP contribution in [0.25, 0.3) is 11.1 Å². The van der Waals surface area contributed by atoms with E-state index < -0.39 is 10.0 Å². The molecule has 0 heterocycles. The van der Waals surface area contributed by atoms with Crippen LogP contribution >= 0.6 is 0 Å². The Morgan fingerprint density at radius 3 is 1.95 bits per heavy atom. The van der Waals surface area contributed by atoms with Gasteiger partial charge >= 0.3 is 0 Å². The summed E-state index contributed by atoms with van der Waals surface area (Å²) in [5.74, 6) is 0. The fourth-order valence-electron chi connectivity index (χ4n) is 1.57. The molecule has 0 saturated heterocycles. The molecule has 0 atom stereocenters. The zero-order chi connectivity index (χ0) is 14.3. The molecule has 19 heavy (non-hydrogen) atoms. The molecule has 2 rings (SSSR count). The Morgan fingerprint density at radius 1 is 0.947 bits per heavy atom. The predicted molar refractivity (Wildman–Crippen MR) is 71.9 cm³/mol. The van der Waals surface area contributed by atoms with E-state index in [1.54, 1.807) is 18.2 Å². The third-order valence-electron chi connectivity index (χ3n) is 2.28. The van der Waals surface area contributed by atoms with Crippen molar-refractivity contribution in [3.05, 3.63) is 54.6 Å². The largest absolute Gasteiger partial charge is 0.483 e. The van der Waals surface area contributed by atoms with Crippen molar-refractivity contribution >= 4 is 16.5 Å². The topological polar surface area (TPSA) is 97.5 Å². The highest BCUT2D eigenvalue weighted by Crippen LogP contribution is 2.25. The van der Waals surface area contributed by atoms with Gasteiger partial charge in [-0.05, 0) is 11.6 Å². The molecule has 0 saturated carbocycles. The first-order valence-corrected chi connectivity index (χ1v) is 6.80. The first-order chi connectivity index (χ1) is 9.00. The fraction of sp³-hybridized carbons (Fsp3) is 0. The highest BCUT2D eigenvalue weighted by atomic mass is 32.2. The molecule has 0 aliphatic heterocycles. The van der Waals surface area contributed by atoms with Gasteiger partial charge in [0.25, 0.3) is 6.47 Å². The van der Waals surface area contributed by atoms with Gasteiger partial charge in [0.2, 0.25) is 10.0 Å². The van der Waals surface area contributed by atoms with Crippen molar-refractivity contribution in [1.29, 1.82) is 0 Å². The van der Waals surface area contributed by atoms with Crippen molar-refractivity contribution in [2.24, 2.45) is 5.14 Å². The fourth-order valence-corrected chi connectivity index (χ4v) is 2.33. The Balaban J connectivity index is 0.000000550. The molecule has 0 aromatic heterocycles. The van der Waals surface area contributed by atoms with Crippen molar-refractivity contribution in [2.45, 2.75) is 4.90 Å². The van der Waals surface area contributed by atoms with Gasteiger partial charge in [-0.25, -0.2) is 13.6 Å². The van der Waals surface area contributed by atoms with Crippen LogP contribution in [-0.2, 0) is 14.8 Å². The number of carboxylic acid groups (broad SMARTS) is 1. The maximum absolute atomic E-state index is 11.4. The number of nitrogens with two attached hydrogens (primary N) is 1. The number of benzene rings is 2. The minimum atomic E-state index is -3.68. The van der Waals surface area contributed by atoms with Gasteiger partial charge in [-0.15, -0.1) is 0 Å². The van der Waals surface area contributed by atoms with Crippen molar-refractivity contribution in [3.8, 4) is 11.1 Å². The van der Waals surface area contributed by atoms with Gasteiger partial charge in [0.15, 0.2) is 0 Å². The third kappa shape index (κ3) is 4.20. The highest BCUT2D eigenvalue weighted by molar-refractivity contribution is 7.89. The molecule has 6 heteroatoms. The SMILES string of the molecule is NS(=O)(=O)c1ccccc1-c1ccccc1.O=CO. The van der Waals surface area contributed by atoms with E-state index in [0.717, 1.165) is 5.56 Å². The summed E-state index contributed by atoms with van der Waals surface area (Å²) in [4.78, 5) is 8.52. The number of sulfonamides is 1. The van der Waals surface area contributed by atoms with Crippen LogP contribution in [0.3, 0.4) is 0 Å². The first-order valence-electron chi connectivity index (χ1n) is 5.26. The zero-order valence-electron chi connectivity index (χ0n) is 9.93. The number of carbonyl (C=O) groups is 1. The van der Waals surface area contributed by atoms with Gasteiger partial charge in [-0.3, -0.25) is 4.79 Å². The van der Waals surface area contributed by atoms with Gasteiger partial charge in [-0.1, -0.05) is 48.5 Å². The lowest BCUT2D eigenvalue weighted by molar-refractivity contribution is -0.122. The van der Waals surface area contributed by atoms with Crippen molar-refractivity contribution in [1.82, 2.24) is 0 Å². The van der Waals surface area contributed by atoms with Crippen LogP contribution in [0.15, 0.2) is 59.5 Å². The Morgan fingerprint density at radius 2 is 1.42 bits per heavy atom. The van der Waals surface area contributed by atoms with Crippen LogP contribution in [0.1, 0.15) is 0 Å². The van der Waals surface area contributed by atoms with E-state index in [1.807, 2.05) is 30.3 Å². The van der Waals surface area contributed by atoms with E-state index in [-0.39, 0.29) is 11.4 Å². The molecular formula is C13H13NO4S. The molecule has 3 N–H and O–H groups in total. The van der Waals surface area contributed by atoms with Crippen molar-refractivity contribution in [3.63, 3.8) is 0 Å². The minimum Gasteiger partial charge on any atom is -0.483 e. The molecule has 0 amide bonds. The van der Waals surface area contributed by atoms with E-state index in [2.05, 4.69) is 0 Å². The lowest BCUT2D eigenvalue weighted by Crippen LogP contribution is -2.13. The summed E-state index contributed by atoms with van der Waals surface area (Å²) >= 11 is 0. The summed E-state index contributed by atoms with van der Waals surface area (Å²) in [5, 5.41) is 12.1. The average Bonchev–Trinajstić information content (AvgIpc) is 2.40. The summed E-state index contributed by atoms with van der Waals surface area (Å²) in [6.45, 7) is -0.250. The van der Waals surface area contributed by atoms with Crippen LogP contribution in [0.5, 0.6) is 0 Å². The van der Waals surface area contributed by atoms with Gasteiger partial charge < -0.3 is 5.11 Å². The molecule has 0 aliphatic rings. The molecule has 0 fully saturated rings. The van der Waals surface area contributed by atoms with E-state index in [9.17, 15) is 8.42 Å². The molecule has 0 radical (unpaired) electrons. The second-order valence-corrected chi connectivity index (χ2v) is 5.04. The summed E-state index contributed by atoms with van der Waals surface area (Å²) in [6, 6.07) is 16.0. The summed E-state index contributed by atoms with van der Waals surface area (Å²) in [5.41, 5.74) is 1.47. The second kappa shape index (κ2) is 6.67. The van der Waals surface area contributed by atoms with Gasteiger partial charge in [-0.2, -0.15) is 0 Å². The molecule has 2 aromatic carbocycles. The molecule has 100 valence electrons.